The van der Waals surface area contributed by atoms with Gasteiger partial charge in [0.1, 0.15) is 17.2 Å². The van der Waals surface area contributed by atoms with E-state index in [2.05, 4.69) is 10.1 Å². The number of rotatable bonds is 30. The van der Waals surface area contributed by atoms with Crippen molar-refractivity contribution in [3.63, 3.8) is 0 Å². The van der Waals surface area contributed by atoms with Gasteiger partial charge in [0.25, 0.3) is 5.91 Å². The number of halogens is 1. The van der Waals surface area contributed by atoms with Crippen LogP contribution < -0.4 is 9.62 Å². The molecule has 2 N–H and O–H groups in total. The molecule has 18 heteroatoms. The Kier molecular flexibility index (Phi) is 19.7. The zero-order chi connectivity index (χ0) is 45.9. The number of esters is 1. The minimum absolute atomic E-state index is 0.0751. The van der Waals surface area contributed by atoms with Gasteiger partial charge < -0.3 is 48.0 Å². The molecule has 0 bridgehead atoms. The Balaban J connectivity index is 0.914. The van der Waals surface area contributed by atoms with Crippen LogP contribution >= 0.6 is 0 Å². The van der Waals surface area contributed by atoms with Gasteiger partial charge >= 0.3 is 5.97 Å². The lowest BCUT2D eigenvalue weighted by atomic mass is 10.0. The molecule has 1 saturated carbocycles. The minimum Gasteiger partial charge on any atom is -0.502 e. The summed E-state index contributed by atoms with van der Waals surface area (Å²) in [5.74, 6) is -2.63. The van der Waals surface area contributed by atoms with E-state index in [1.165, 1.54) is 35.6 Å². The number of amides is 1. The summed E-state index contributed by atoms with van der Waals surface area (Å²) in [4.78, 5) is 37.0. The monoisotopic (exact) mass is 912 g/mol. The molecule has 348 valence electrons. The maximum atomic E-state index is 13.7. The molecular formula is C46H57FN2O14S. The first kappa shape index (κ1) is 49.8. The summed E-state index contributed by atoms with van der Waals surface area (Å²) in [5, 5.41) is 12.9. The Morgan fingerprint density at radius 1 is 0.844 bits per heavy atom. The summed E-state index contributed by atoms with van der Waals surface area (Å²) in [6.45, 7) is 5.98. The number of hydrogen-bond acceptors (Lipinski definition) is 14. The van der Waals surface area contributed by atoms with Crippen molar-refractivity contribution >= 4 is 44.3 Å². The average Bonchev–Trinajstić information content (AvgIpc) is 4.06. The number of ketones is 1. The predicted octanol–water partition coefficient (Wildman–Crippen LogP) is 6.12. The Hall–Kier alpha value is -5.21. The van der Waals surface area contributed by atoms with E-state index < -0.39 is 33.4 Å². The lowest BCUT2D eigenvalue weighted by Crippen LogP contribution is -2.34. The van der Waals surface area contributed by atoms with Gasteiger partial charge in [-0.15, -0.1) is 0 Å². The first-order chi connectivity index (χ1) is 30.9. The fraction of sp³-hybridized carbons (Fsp3) is 0.457. The summed E-state index contributed by atoms with van der Waals surface area (Å²) < 4.78 is 85.8. The van der Waals surface area contributed by atoms with Gasteiger partial charge in [0.05, 0.1) is 96.7 Å². The predicted molar refractivity (Wildman–Crippen MR) is 236 cm³/mol. The second-order valence-electron chi connectivity index (χ2n) is 14.7. The second-order valence-corrected chi connectivity index (χ2v) is 16.6. The number of benzene rings is 3. The number of sulfonamides is 1. The molecule has 0 aliphatic heterocycles. The van der Waals surface area contributed by atoms with Crippen LogP contribution in [0.25, 0.3) is 22.3 Å². The number of allylic oxidation sites excluding steroid dienone is 1. The van der Waals surface area contributed by atoms with Gasteiger partial charge in [0, 0.05) is 48.9 Å². The van der Waals surface area contributed by atoms with Crippen molar-refractivity contribution in [2.75, 3.05) is 103 Å². The number of carbonyl (C=O) groups is 3. The number of furan rings is 1. The van der Waals surface area contributed by atoms with Crippen molar-refractivity contribution in [2.45, 2.75) is 38.7 Å². The van der Waals surface area contributed by atoms with Gasteiger partial charge in [0.15, 0.2) is 5.78 Å². The van der Waals surface area contributed by atoms with Crippen LogP contribution in [0, 0.1) is 5.82 Å². The van der Waals surface area contributed by atoms with Crippen molar-refractivity contribution in [2.24, 2.45) is 0 Å². The van der Waals surface area contributed by atoms with Crippen molar-refractivity contribution < 1.29 is 69.9 Å². The number of carbonyl (C=O) groups excluding carboxylic acids is 3. The molecule has 1 fully saturated rings. The van der Waals surface area contributed by atoms with E-state index in [-0.39, 0.29) is 44.0 Å². The lowest BCUT2D eigenvalue weighted by molar-refractivity contribution is -0.141. The zero-order valence-corrected chi connectivity index (χ0v) is 37.3. The molecule has 5 rings (SSSR count). The van der Waals surface area contributed by atoms with Gasteiger partial charge in [0.2, 0.25) is 15.8 Å². The van der Waals surface area contributed by atoms with Crippen LogP contribution in [0.4, 0.5) is 10.1 Å². The SMILES string of the molecule is CCOC(=O)/C(O)=C/C(=O)c1cccc(COCCOCCOCCOCCOCCCOCCN(c2cc3oc(-c4ccc(F)cc4)c(C(=O)NC)c3cc2C2CC2)S(C)(=O)=O)c1. The van der Waals surface area contributed by atoms with Crippen LogP contribution in [0.3, 0.4) is 0 Å². The van der Waals surface area contributed by atoms with Gasteiger partial charge in [-0.3, -0.25) is 13.9 Å². The highest BCUT2D eigenvalue weighted by atomic mass is 32.2. The van der Waals surface area contributed by atoms with Gasteiger partial charge in [-0.05, 0) is 79.6 Å². The molecule has 0 radical (unpaired) electrons. The van der Waals surface area contributed by atoms with Gasteiger partial charge in [-0.2, -0.15) is 0 Å². The number of ether oxygens (including phenoxy) is 7. The van der Waals surface area contributed by atoms with Crippen molar-refractivity contribution in [3.8, 4) is 11.3 Å². The summed E-state index contributed by atoms with van der Waals surface area (Å²) in [6.07, 6.45) is 4.36. The topological polar surface area (TPSA) is 199 Å². The normalized spacial score (nSPS) is 13.0. The molecule has 1 amide bonds. The third-order valence-electron chi connectivity index (χ3n) is 9.82. The smallest absolute Gasteiger partial charge is 0.373 e. The number of hydrogen-bond donors (Lipinski definition) is 2. The number of nitrogens with one attached hydrogen (secondary N) is 1. The van der Waals surface area contributed by atoms with Crippen LogP contribution in [-0.4, -0.2) is 130 Å². The molecule has 0 spiro atoms. The van der Waals surface area contributed by atoms with Crippen LogP contribution in [0.15, 0.2) is 76.9 Å². The molecule has 1 aliphatic carbocycles. The fourth-order valence-electron chi connectivity index (χ4n) is 6.57. The van der Waals surface area contributed by atoms with Crippen LogP contribution in [0.2, 0.25) is 0 Å². The lowest BCUT2D eigenvalue weighted by Gasteiger charge is -2.25. The third kappa shape index (κ3) is 15.2. The van der Waals surface area contributed by atoms with E-state index in [4.69, 9.17) is 32.8 Å². The maximum absolute atomic E-state index is 13.7. The largest absolute Gasteiger partial charge is 0.502 e. The summed E-state index contributed by atoms with van der Waals surface area (Å²) in [5.41, 5.74) is 3.50. The number of aliphatic hydroxyl groups is 1. The summed E-state index contributed by atoms with van der Waals surface area (Å²) in [7, 11) is -2.21. The van der Waals surface area contributed by atoms with E-state index in [0.717, 1.165) is 36.3 Å². The Bertz CT molecular complexity index is 2290. The molecule has 0 unspecified atom stereocenters. The third-order valence-corrected chi connectivity index (χ3v) is 11.0. The van der Waals surface area contributed by atoms with Crippen molar-refractivity contribution in [3.05, 3.63) is 101 Å². The summed E-state index contributed by atoms with van der Waals surface area (Å²) in [6, 6.07) is 15.8. The maximum Gasteiger partial charge on any atom is 0.373 e. The standard InChI is InChI=1S/C46H57FN2O14S/c1-4-62-46(53)41(51)30-40(50)35-8-5-7-32(27-35)31-61-26-25-60-24-23-59-22-21-58-20-19-57-17-6-16-56-18-15-49(64(3,54)55)39-29-42-38(28-37(39)33-9-10-33)43(45(52)48-2)44(63-42)34-11-13-36(47)14-12-34/h5,7-8,11-14,27-30,33,51H,4,6,9-10,15-26,31H2,1-3H3,(H,48,52)/b41-30-. The van der Waals surface area contributed by atoms with E-state index in [1.54, 1.807) is 37.3 Å². The highest BCUT2D eigenvalue weighted by Gasteiger charge is 2.33. The van der Waals surface area contributed by atoms with Crippen LogP contribution in [0.1, 0.15) is 63.9 Å². The quantitative estimate of drug-likeness (QED) is 0.0199. The van der Waals surface area contributed by atoms with E-state index in [9.17, 15) is 32.3 Å². The van der Waals surface area contributed by atoms with Crippen LogP contribution in [-0.2, 0) is 54.6 Å². The Morgan fingerprint density at radius 2 is 1.45 bits per heavy atom. The molecule has 0 atom stereocenters. The first-order valence-electron chi connectivity index (χ1n) is 21.1. The number of aliphatic hydroxyl groups excluding tert-OH is 1. The highest BCUT2D eigenvalue weighted by Crippen LogP contribution is 2.48. The molecule has 16 nitrogen and oxygen atoms in total. The van der Waals surface area contributed by atoms with E-state index >= 15 is 0 Å². The molecule has 0 saturated heterocycles. The zero-order valence-electron chi connectivity index (χ0n) is 36.4. The van der Waals surface area contributed by atoms with E-state index in [1.807, 2.05) is 6.07 Å². The van der Waals surface area contributed by atoms with Crippen molar-refractivity contribution in [1.29, 1.82) is 0 Å². The number of nitrogens with zero attached hydrogens (tertiary/aromatic N) is 1. The summed E-state index contributed by atoms with van der Waals surface area (Å²) >= 11 is 0. The molecule has 64 heavy (non-hydrogen) atoms. The number of fused-ring (bicyclic) bond motifs is 1. The van der Waals surface area contributed by atoms with E-state index in [0.29, 0.717) is 106 Å². The van der Waals surface area contributed by atoms with Gasteiger partial charge in [-0.1, -0.05) is 18.2 Å². The molecule has 1 heterocycles. The van der Waals surface area contributed by atoms with Crippen LogP contribution in [0.5, 0.6) is 0 Å². The molecule has 1 aromatic heterocycles. The fourth-order valence-corrected chi connectivity index (χ4v) is 7.50. The molecule has 1 aliphatic rings. The minimum atomic E-state index is -3.73. The molecular weight excluding hydrogens is 856 g/mol. The second kappa shape index (κ2) is 25.3. The van der Waals surface area contributed by atoms with Crippen molar-refractivity contribution in [1.82, 2.24) is 5.32 Å². The highest BCUT2D eigenvalue weighted by molar-refractivity contribution is 7.92. The first-order valence-corrected chi connectivity index (χ1v) is 23.0. The number of anilines is 1. The Morgan fingerprint density at radius 3 is 2.05 bits per heavy atom. The molecule has 3 aromatic carbocycles. The van der Waals surface area contributed by atoms with Gasteiger partial charge in [-0.25, -0.2) is 17.6 Å². The molecule has 4 aromatic rings. The average molecular weight is 913 g/mol. The Labute approximate surface area is 372 Å².